The summed E-state index contributed by atoms with van der Waals surface area (Å²) in [5.41, 5.74) is 0. The summed E-state index contributed by atoms with van der Waals surface area (Å²) in [5, 5.41) is 20.4. The summed E-state index contributed by atoms with van der Waals surface area (Å²) in [7, 11) is 0. The van der Waals surface area contributed by atoms with Gasteiger partial charge in [-0.25, -0.2) is 9.59 Å². The topological polar surface area (TPSA) is 93.4 Å². The standard InChI is InChI=1S/C13H23N3O3/c1-5-10(4)11(12(17)18)15-13(19)16(6-2)8-9(3)7-14/h9-11H,5-6,8H2,1-4H3,(H,15,19)(H,17,18)/t9?,10?,11-/m0/s1. The molecule has 0 radical (unpaired) electrons. The summed E-state index contributed by atoms with van der Waals surface area (Å²) in [6.45, 7) is 7.91. The van der Waals surface area contributed by atoms with Gasteiger partial charge in [0.2, 0.25) is 0 Å². The van der Waals surface area contributed by atoms with Crippen molar-refractivity contribution in [2.75, 3.05) is 13.1 Å². The van der Waals surface area contributed by atoms with Gasteiger partial charge in [0.25, 0.3) is 0 Å². The maximum Gasteiger partial charge on any atom is 0.326 e. The van der Waals surface area contributed by atoms with E-state index in [2.05, 4.69) is 11.4 Å². The third-order valence-electron chi connectivity index (χ3n) is 3.14. The first kappa shape index (κ1) is 17.2. The van der Waals surface area contributed by atoms with Gasteiger partial charge < -0.3 is 15.3 Å². The Labute approximate surface area is 114 Å². The van der Waals surface area contributed by atoms with Crippen LogP contribution in [0.4, 0.5) is 4.79 Å². The maximum absolute atomic E-state index is 12.0. The molecule has 0 saturated carbocycles. The molecule has 0 aliphatic heterocycles. The van der Waals surface area contributed by atoms with E-state index in [4.69, 9.17) is 10.4 Å². The summed E-state index contributed by atoms with van der Waals surface area (Å²) >= 11 is 0. The fourth-order valence-corrected chi connectivity index (χ4v) is 1.63. The highest BCUT2D eigenvalue weighted by molar-refractivity contribution is 5.82. The fourth-order valence-electron chi connectivity index (χ4n) is 1.63. The summed E-state index contributed by atoms with van der Waals surface area (Å²) in [6.07, 6.45) is 0.665. The van der Waals surface area contributed by atoms with Crippen molar-refractivity contribution in [1.29, 1.82) is 5.26 Å². The number of rotatable bonds is 7. The highest BCUT2D eigenvalue weighted by Gasteiger charge is 2.27. The van der Waals surface area contributed by atoms with Crippen LogP contribution in [-0.4, -0.2) is 41.1 Å². The summed E-state index contributed by atoms with van der Waals surface area (Å²) in [5.74, 6) is -1.46. The van der Waals surface area contributed by atoms with E-state index in [0.717, 1.165) is 0 Å². The second kappa shape index (κ2) is 8.35. The van der Waals surface area contributed by atoms with Gasteiger partial charge in [-0.3, -0.25) is 0 Å². The van der Waals surface area contributed by atoms with Crippen molar-refractivity contribution in [2.24, 2.45) is 11.8 Å². The molecule has 2 unspecified atom stereocenters. The van der Waals surface area contributed by atoms with Crippen molar-refractivity contribution in [3.8, 4) is 6.07 Å². The van der Waals surface area contributed by atoms with Crippen LogP contribution in [0.25, 0.3) is 0 Å². The minimum Gasteiger partial charge on any atom is -0.480 e. The van der Waals surface area contributed by atoms with Crippen LogP contribution in [0, 0.1) is 23.2 Å². The lowest BCUT2D eigenvalue weighted by Crippen LogP contribution is -2.51. The number of aliphatic carboxylic acids is 1. The normalized spacial score (nSPS) is 14.9. The van der Waals surface area contributed by atoms with Gasteiger partial charge in [0.05, 0.1) is 12.0 Å². The van der Waals surface area contributed by atoms with Crippen LogP contribution in [-0.2, 0) is 4.79 Å². The number of nitrogens with zero attached hydrogens (tertiary/aromatic N) is 2. The first-order valence-electron chi connectivity index (χ1n) is 6.55. The lowest BCUT2D eigenvalue weighted by Gasteiger charge is -2.26. The molecule has 0 saturated heterocycles. The molecule has 0 bridgehead atoms. The number of urea groups is 1. The Bertz CT molecular complexity index is 352. The minimum atomic E-state index is -1.04. The van der Waals surface area contributed by atoms with E-state index in [1.807, 2.05) is 6.92 Å². The van der Waals surface area contributed by atoms with Gasteiger partial charge >= 0.3 is 12.0 Å². The molecule has 3 atom stereocenters. The highest BCUT2D eigenvalue weighted by atomic mass is 16.4. The molecule has 0 rings (SSSR count). The number of carboxylic acids is 1. The van der Waals surface area contributed by atoms with Gasteiger partial charge in [0.1, 0.15) is 6.04 Å². The zero-order valence-corrected chi connectivity index (χ0v) is 12.0. The number of hydrogen-bond donors (Lipinski definition) is 2. The monoisotopic (exact) mass is 269 g/mol. The molecule has 19 heavy (non-hydrogen) atoms. The molecule has 0 aromatic heterocycles. The molecule has 0 heterocycles. The maximum atomic E-state index is 12.0. The smallest absolute Gasteiger partial charge is 0.326 e. The van der Waals surface area contributed by atoms with Gasteiger partial charge in [-0.05, 0) is 19.8 Å². The van der Waals surface area contributed by atoms with Crippen molar-refractivity contribution >= 4 is 12.0 Å². The Balaban J connectivity index is 4.69. The van der Waals surface area contributed by atoms with Crippen LogP contribution in [0.15, 0.2) is 0 Å². The first-order valence-corrected chi connectivity index (χ1v) is 6.55. The molecule has 0 fully saturated rings. The number of carbonyl (C=O) groups excluding carboxylic acids is 1. The lowest BCUT2D eigenvalue weighted by molar-refractivity contribution is -0.140. The van der Waals surface area contributed by atoms with E-state index in [1.54, 1.807) is 20.8 Å². The average molecular weight is 269 g/mol. The van der Waals surface area contributed by atoms with E-state index in [1.165, 1.54) is 4.90 Å². The van der Waals surface area contributed by atoms with Crippen molar-refractivity contribution in [3.63, 3.8) is 0 Å². The number of carbonyl (C=O) groups is 2. The van der Waals surface area contributed by atoms with E-state index in [9.17, 15) is 9.59 Å². The van der Waals surface area contributed by atoms with Crippen molar-refractivity contribution < 1.29 is 14.7 Å². The SMILES string of the molecule is CCC(C)[C@H](NC(=O)N(CC)CC(C)C#N)C(=O)O. The van der Waals surface area contributed by atoms with E-state index in [-0.39, 0.29) is 11.8 Å². The second-order valence-electron chi connectivity index (χ2n) is 4.72. The van der Waals surface area contributed by atoms with Crippen LogP contribution in [0.1, 0.15) is 34.1 Å². The molecule has 0 aliphatic carbocycles. The van der Waals surface area contributed by atoms with Crippen LogP contribution < -0.4 is 5.32 Å². The van der Waals surface area contributed by atoms with Crippen molar-refractivity contribution in [3.05, 3.63) is 0 Å². The van der Waals surface area contributed by atoms with Gasteiger partial charge in [-0.1, -0.05) is 20.3 Å². The van der Waals surface area contributed by atoms with Gasteiger partial charge in [0.15, 0.2) is 0 Å². The Kier molecular flexibility index (Phi) is 7.57. The molecular formula is C13H23N3O3. The summed E-state index contributed by atoms with van der Waals surface area (Å²) in [6, 6.07) is 0.724. The predicted molar refractivity (Wildman–Crippen MR) is 71.4 cm³/mol. The van der Waals surface area contributed by atoms with Gasteiger partial charge in [-0.15, -0.1) is 0 Å². The summed E-state index contributed by atoms with van der Waals surface area (Å²) < 4.78 is 0. The Morgan fingerprint density at radius 3 is 2.32 bits per heavy atom. The second-order valence-corrected chi connectivity index (χ2v) is 4.72. The molecule has 108 valence electrons. The van der Waals surface area contributed by atoms with E-state index in [0.29, 0.717) is 19.5 Å². The third kappa shape index (κ3) is 5.60. The predicted octanol–water partition coefficient (Wildman–Crippen LogP) is 1.68. The Morgan fingerprint density at radius 1 is 1.37 bits per heavy atom. The van der Waals surface area contributed by atoms with Crippen LogP contribution in [0.2, 0.25) is 0 Å². The fraction of sp³-hybridized carbons (Fsp3) is 0.769. The molecule has 6 heteroatoms. The lowest BCUT2D eigenvalue weighted by atomic mass is 9.99. The molecule has 0 spiro atoms. The summed E-state index contributed by atoms with van der Waals surface area (Å²) in [4.78, 5) is 24.6. The van der Waals surface area contributed by atoms with E-state index < -0.39 is 18.0 Å². The molecule has 2 amide bonds. The molecular weight excluding hydrogens is 246 g/mol. The number of hydrogen-bond acceptors (Lipinski definition) is 3. The minimum absolute atomic E-state index is 0.145. The number of nitriles is 1. The zero-order chi connectivity index (χ0) is 15.0. The van der Waals surface area contributed by atoms with Crippen molar-refractivity contribution in [2.45, 2.75) is 40.2 Å². The molecule has 6 nitrogen and oxygen atoms in total. The quantitative estimate of drug-likeness (QED) is 0.735. The van der Waals surface area contributed by atoms with E-state index >= 15 is 0 Å². The number of nitrogens with one attached hydrogen (secondary N) is 1. The molecule has 2 N–H and O–H groups in total. The molecule has 0 aromatic carbocycles. The average Bonchev–Trinajstić information content (AvgIpc) is 2.40. The largest absolute Gasteiger partial charge is 0.480 e. The van der Waals surface area contributed by atoms with Crippen LogP contribution in [0.5, 0.6) is 0 Å². The Morgan fingerprint density at radius 2 is 1.95 bits per heavy atom. The van der Waals surface area contributed by atoms with Crippen LogP contribution >= 0.6 is 0 Å². The van der Waals surface area contributed by atoms with Crippen LogP contribution in [0.3, 0.4) is 0 Å². The van der Waals surface area contributed by atoms with Gasteiger partial charge in [0, 0.05) is 13.1 Å². The van der Waals surface area contributed by atoms with Crippen molar-refractivity contribution in [1.82, 2.24) is 10.2 Å². The zero-order valence-electron chi connectivity index (χ0n) is 12.0. The molecule has 0 aromatic rings. The third-order valence-corrected chi connectivity index (χ3v) is 3.14. The Hall–Kier alpha value is -1.77. The highest BCUT2D eigenvalue weighted by Crippen LogP contribution is 2.09. The molecule has 0 aliphatic rings. The number of carboxylic acid groups (broad SMARTS) is 1. The number of amides is 2. The first-order chi connectivity index (χ1) is 8.87. The van der Waals surface area contributed by atoms with Gasteiger partial charge in [-0.2, -0.15) is 5.26 Å².